The second kappa shape index (κ2) is 6.53. The van der Waals surface area contributed by atoms with Crippen molar-refractivity contribution < 1.29 is 14.6 Å². The number of hydrogen-bond acceptors (Lipinski definition) is 3. The zero-order valence-electron chi connectivity index (χ0n) is 16.0. The fraction of sp³-hybridized carbons (Fsp3) is 0.545. The van der Waals surface area contributed by atoms with Crippen molar-refractivity contribution in [2.45, 2.75) is 45.6 Å². The van der Waals surface area contributed by atoms with Crippen molar-refractivity contribution in [1.82, 2.24) is 0 Å². The van der Waals surface area contributed by atoms with Crippen molar-refractivity contribution in [2.75, 3.05) is 14.2 Å². The highest BCUT2D eigenvalue weighted by Crippen LogP contribution is 2.57. The molecule has 0 heterocycles. The van der Waals surface area contributed by atoms with E-state index in [9.17, 15) is 5.11 Å². The zero-order chi connectivity index (χ0) is 18.4. The lowest BCUT2D eigenvalue weighted by Crippen LogP contribution is -2.25. The number of aliphatic hydroxyl groups is 1. The highest BCUT2D eigenvalue weighted by atomic mass is 16.5. The Bertz CT molecular complexity index is 701. The van der Waals surface area contributed by atoms with Crippen LogP contribution in [0.1, 0.15) is 45.1 Å². The maximum absolute atomic E-state index is 11.0. The van der Waals surface area contributed by atoms with E-state index < -0.39 is 0 Å². The lowest BCUT2D eigenvalue weighted by Gasteiger charge is -2.32. The van der Waals surface area contributed by atoms with Crippen molar-refractivity contribution in [3.8, 4) is 11.5 Å². The van der Waals surface area contributed by atoms with E-state index in [1.54, 1.807) is 14.2 Å². The topological polar surface area (TPSA) is 38.7 Å². The summed E-state index contributed by atoms with van der Waals surface area (Å²) in [5.41, 5.74) is 3.60. The van der Waals surface area contributed by atoms with Gasteiger partial charge in [-0.05, 0) is 42.4 Å². The molecule has 25 heavy (non-hydrogen) atoms. The van der Waals surface area contributed by atoms with Crippen LogP contribution in [0.5, 0.6) is 11.5 Å². The summed E-state index contributed by atoms with van der Waals surface area (Å²) in [6.45, 7) is 11.1. The molecule has 0 saturated heterocycles. The van der Waals surface area contributed by atoms with Gasteiger partial charge in [0.1, 0.15) is 11.5 Å². The summed E-state index contributed by atoms with van der Waals surface area (Å²) in [6.07, 6.45) is 3.74. The van der Waals surface area contributed by atoms with E-state index in [0.29, 0.717) is 5.92 Å². The lowest BCUT2D eigenvalue weighted by molar-refractivity contribution is 0.123. The summed E-state index contributed by atoms with van der Waals surface area (Å²) in [7, 11) is 3.37. The van der Waals surface area contributed by atoms with Crippen molar-refractivity contribution in [2.24, 2.45) is 17.3 Å². The molecule has 0 aliphatic heterocycles. The molecule has 3 nitrogen and oxygen atoms in total. The van der Waals surface area contributed by atoms with Crippen LogP contribution >= 0.6 is 0 Å². The summed E-state index contributed by atoms with van der Waals surface area (Å²) in [5.74, 6) is 2.08. The van der Waals surface area contributed by atoms with Crippen LogP contribution in [0.4, 0.5) is 0 Å². The fourth-order valence-corrected chi connectivity index (χ4v) is 4.71. The Kier molecular flexibility index (Phi) is 4.72. The number of aliphatic hydroxyl groups excluding tert-OH is 1. The van der Waals surface area contributed by atoms with E-state index in [1.165, 1.54) is 11.1 Å². The van der Waals surface area contributed by atoms with Crippen LogP contribution in [-0.2, 0) is 0 Å². The molecular weight excluding hydrogens is 312 g/mol. The maximum Gasteiger partial charge on any atom is 0.122 e. The van der Waals surface area contributed by atoms with E-state index in [1.807, 2.05) is 18.2 Å². The van der Waals surface area contributed by atoms with Crippen molar-refractivity contribution in [3.05, 3.63) is 47.6 Å². The van der Waals surface area contributed by atoms with E-state index in [2.05, 4.69) is 33.4 Å². The van der Waals surface area contributed by atoms with Gasteiger partial charge in [-0.2, -0.15) is 0 Å². The van der Waals surface area contributed by atoms with E-state index >= 15 is 0 Å². The summed E-state index contributed by atoms with van der Waals surface area (Å²) >= 11 is 0. The van der Waals surface area contributed by atoms with E-state index in [0.717, 1.165) is 29.9 Å². The first-order valence-electron chi connectivity index (χ1n) is 9.09. The van der Waals surface area contributed by atoms with Crippen LogP contribution in [0, 0.1) is 17.3 Å². The zero-order valence-corrected chi connectivity index (χ0v) is 16.0. The normalized spacial score (nSPS) is 31.1. The summed E-state index contributed by atoms with van der Waals surface area (Å²) < 4.78 is 11.1. The first-order chi connectivity index (χ1) is 11.8. The van der Waals surface area contributed by atoms with E-state index in [4.69, 9.17) is 9.47 Å². The Labute approximate surface area is 151 Å². The quantitative estimate of drug-likeness (QED) is 0.808. The Morgan fingerprint density at radius 3 is 2.56 bits per heavy atom. The van der Waals surface area contributed by atoms with Crippen molar-refractivity contribution >= 4 is 0 Å². The van der Waals surface area contributed by atoms with Gasteiger partial charge in [0.05, 0.1) is 20.3 Å². The van der Waals surface area contributed by atoms with Gasteiger partial charge in [-0.3, -0.25) is 0 Å². The minimum atomic E-state index is -0.371. The molecule has 4 atom stereocenters. The van der Waals surface area contributed by atoms with Gasteiger partial charge < -0.3 is 14.6 Å². The summed E-state index contributed by atoms with van der Waals surface area (Å²) in [4.78, 5) is 0. The molecule has 136 valence electrons. The molecule has 2 unspecified atom stereocenters. The second-order valence-electron chi connectivity index (χ2n) is 8.14. The minimum absolute atomic E-state index is 0.0127. The molecule has 1 N–H and O–H groups in total. The number of rotatable bonds is 3. The van der Waals surface area contributed by atoms with Crippen LogP contribution in [-0.4, -0.2) is 25.4 Å². The number of ether oxygens (including phenoxy) is 2. The van der Waals surface area contributed by atoms with Gasteiger partial charge in [-0.1, -0.05) is 44.6 Å². The van der Waals surface area contributed by atoms with Crippen LogP contribution in [0.3, 0.4) is 0 Å². The minimum Gasteiger partial charge on any atom is -0.497 e. The first-order valence-corrected chi connectivity index (χ1v) is 9.09. The number of allylic oxidation sites excluding steroid dienone is 2. The largest absolute Gasteiger partial charge is 0.497 e. The predicted octanol–water partition coefficient (Wildman–Crippen LogP) is 4.72. The van der Waals surface area contributed by atoms with Crippen LogP contribution in [0.25, 0.3) is 0 Å². The first kappa shape index (κ1) is 18.1. The summed E-state index contributed by atoms with van der Waals surface area (Å²) in [5, 5.41) is 11.0. The number of hydrogen-bond donors (Lipinski definition) is 1. The molecule has 1 aromatic carbocycles. The van der Waals surface area contributed by atoms with E-state index in [-0.39, 0.29) is 23.4 Å². The molecule has 0 spiro atoms. The second-order valence-corrected chi connectivity index (χ2v) is 8.14. The third-order valence-corrected chi connectivity index (χ3v) is 6.13. The Morgan fingerprint density at radius 2 is 1.92 bits per heavy atom. The smallest absolute Gasteiger partial charge is 0.122 e. The predicted molar refractivity (Wildman–Crippen MR) is 101 cm³/mol. The van der Waals surface area contributed by atoms with Gasteiger partial charge in [0.25, 0.3) is 0 Å². The molecule has 0 amide bonds. The SMILES string of the molecule is C=C1[C@H](C)CC=C2C(C(O)CC2(C)C)[C@@H]1c1cc(OC)ccc1OC. The van der Waals surface area contributed by atoms with Crippen molar-refractivity contribution in [3.63, 3.8) is 0 Å². The van der Waals surface area contributed by atoms with Gasteiger partial charge in [-0.25, -0.2) is 0 Å². The number of methoxy groups -OCH3 is 2. The van der Waals surface area contributed by atoms with Crippen LogP contribution in [0.15, 0.2) is 42.0 Å². The standard InChI is InChI=1S/C22H30O3/c1-13-7-9-17-21(18(23)12-22(17,3)4)20(14(13)2)16-11-15(24-5)8-10-19(16)25-6/h8-11,13,18,20-21,23H,2,7,12H2,1,3-6H3/t13-,18?,20+,21?/m1/s1. The van der Waals surface area contributed by atoms with Gasteiger partial charge in [0.2, 0.25) is 0 Å². The number of benzene rings is 1. The molecule has 0 radical (unpaired) electrons. The third kappa shape index (κ3) is 2.99. The third-order valence-electron chi connectivity index (χ3n) is 6.13. The average molecular weight is 342 g/mol. The lowest BCUT2D eigenvalue weighted by atomic mass is 9.73. The molecule has 0 aromatic heterocycles. The molecule has 0 bridgehead atoms. The Morgan fingerprint density at radius 1 is 1.20 bits per heavy atom. The summed E-state index contributed by atoms with van der Waals surface area (Å²) in [6, 6.07) is 5.91. The van der Waals surface area contributed by atoms with Crippen LogP contribution < -0.4 is 9.47 Å². The molecule has 2 aliphatic rings. The fourth-order valence-electron chi connectivity index (χ4n) is 4.71. The maximum atomic E-state index is 11.0. The number of fused-ring (bicyclic) bond motifs is 1. The molecule has 2 aliphatic carbocycles. The Hall–Kier alpha value is -1.74. The molecule has 1 fully saturated rings. The monoisotopic (exact) mass is 342 g/mol. The molecular formula is C22H30O3. The van der Waals surface area contributed by atoms with Gasteiger partial charge >= 0.3 is 0 Å². The molecule has 3 rings (SSSR count). The van der Waals surface area contributed by atoms with Crippen molar-refractivity contribution in [1.29, 1.82) is 0 Å². The van der Waals surface area contributed by atoms with Gasteiger partial charge in [-0.15, -0.1) is 0 Å². The average Bonchev–Trinajstić information content (AvgIpc) is 2.71. The highest BCUT2D eigenvalue weighted by molar-refractivity contribution is 5.49. The van der Waals surface area contributed by atoms with Crippen LogP contribution in [0.2, 0.25) is 0 Å². The van der Waals surface area contributed by atoms with Gasteiger partial charge in [0, 0.05) is 17.4 Å². The molecule has 1 aromatic rings. The molecule has 3 heteroatoms. The Balaban J connectivity index is 2.18. The molecule has 1 saturated carbocycles. The van der Waals surface area contributed by atoms with Gasteiger partial charge in [0.15, 0.2) is 0 Å². The highest BCUT2D eigenvalue weighted by Gasteiger charge is 2.49.